The van der Waals surface area contributed by atoms with E-state index in [1.807, 2.05) is 26.0 Å². The molecule has 0 saturated carbocycles. The number of aromatic nitrogens is 1. The van der Waals surface area contributed by atoms with Crippen molar-refractivity contribution in [1.82, 2.24) is 20.9 Å². The molecule has 0 saturated heterocycles. The van der Waals surface area contributed by atoms with Crippen molar-refractivity contribution in [3.8, 4) is 0 Å². The van der Waals surface area contributed by atoms with Gasteiger partial charge in [-0.25, -0.2) is 8.42 Å². The van der Waals surface area contributed by atoms with Gasteiger partial charge in [0, 0.05) is 42.1 Å². The maximum Gasteiger partial charge on any atom is 0.396 e. The Balaban J connectivity index is 1.24. The van der Waals surface area contributed by atoms with Gasteiger partial charge in [0.25, 0.3) is 11.4 Å². The summed E-state index contributed by atoms with van der Waals surface area (Å²) in [4.78, 5) is 103. The van der Waals surface area contributed by atoms with Gasteiger partial charge in [0.15, 0.2) is 9.84 Å². The van der Waals surface area contributed by atoms with E-state index >= 15 is 0 Å². The fourth-order valence-corrected chi connectivity index (χ4v) is 8.32. The van der Waals surface area contributed by atoms with Gasteiger partial charge in [0.1, 0.15) is 23.8 Å². The highest BCUT2D eigenvalue weighted by molar-refractivity contribution is 7.90. The molecule has 58 heavy (non-hydrogen) atoms. The van der Waals surface area contributed by atoms with Crippen molar-refractivity contribution in [3.05, 3.63) is 94.2 Å². The Bertz CT molecular complexity index is 2510. The number of nitrogens with one attached hydrogen (secondary N) is 4. The standard InChI is InChI=1S/C39H43N6O11PS/c1-20(2)24-14-22-6-11-30(44-36(48)31-17-25-15-23(7-10-28(25)42-31)39(51)57(52,53)54)38(50)45-32(18-26(16-24)34(22)45)37(49)43-29(12-13-33(40)46)35(47)41-19-21-4-8-27(9-5-21)58(3,55)56/h4-5,7-10,14-17,20,29-30,32,42H,6,11-13,18-19H2,1-3H3,(H2,40,46)(H,41,47)(H,43,49)(H,44,48)(H2,52,53,54)/t29-,30-,32-/m0/s1. The summed E-state index contributed by atoms with van der Waals surface area (Å²) >= 11 is 0. The van der Waals surface area contributed by atoms with Crippen LogP contribution in [0.5, 0.6) is 0 Å². The number of anilines is 1. The molecular weight excluding hydrogens is 792 g/mol. The van der Waals surface area contributed by atoms with Gasteiger partial charge in [-0.2, -0.15) is 0 Å². The summed E-state index contributed by atoms with van der Waals surface area (Å²) in [6.45, 7) is 4.02. The van der Waals surface area contributed by atoms with Crippen LogP contribution in [-0.4, -0.2) is 82.6 Å². The molecule has 2 aliphatic heterocycles. The second kappa shape index (κ2) is 16.3. The minimum absolute atomic E-state index is 0.0125. The van der Waals surface area contributed by atoms with Gasteiger partial charge in [0.05, 0.1) is 10.6 Å². The number of benzene rings is 3. The summed E-state index contributed by atoms with van der Waals surface area (Å²) in [5.74, 6) is -3.14. The number of primary amides is 1. The van der Waals surface area contributed by atoms with Crippen molar-refractivity contribution in [2.24, 2.45) is 5.73 Å². The summed E-state index contributed by atoms with van der Waals surface area (Å²) < 4.78 is 35.2. The highest BCUT2D eigenvalue weighted by atomic mass is 32.2. The Morgan fingerprint density at radius 2 is 1.69 bits per heavy atom. The highest BCUT2D eigenvalue weighted by Crippen LogP contribution is 2.42. The number of sulfone groups is 1. The van der Waals surface area contributed by atoms with Crippen LogP contribution in [0.1, 0.15) is 82.1 Å². The van der Waals surface area contributed by atoms with Gasteiger partial charge < -0.3 is 36.5 Å². The molecule has 3 heterocycles. The van der Waals surface area contributed by atoms with E-state index < -0.39 is 70.6 Å². The van der Waals surface area contributed by atoms with Crippen LogP contribution in [0.15, 0.2) is 65.6 Å². The number of hydrogen-bond donors (Lipinski definition) is 7. The summed E-state index contributed by atoms with van der Waals surface area (Å²) in [7, 11) is -8.48. The molecule has 19 heteroatoms. The molecule has 1 aromatic heterocycles. The van der Waals surface area contributed by atoms with Crippen LogP contribution in [0.25, 0.3) is 10.9 Å². The molecule has 0 bridgehead atoms. The number of carbonyl (C=O) groups excluding carboxylic acids is 6. The van der Waals surface area contributed by atoms with Crippen LogP contribution in [-0.2, 0) is 53.0 Å². The Morgan fingerprint density at radius 3 is 2.33 bits per heavy atom. The van der Waals surface area contributed by atoms with Gasteiger partial charge in [-0.3, -0.25) is 38.2 Å². The van der Waals surface area contributed by atoms with Crippen molar-refractivity contribution in [2.45, 2.75) is 81.4 Å². The number of hydrogen-bond acceptors (Lipinski definition) is 9. The monoisotopic (exact) mass is 834 g/mol. The molecule has 0 spiro atoms. The quantitative estimate of drug-likeness (QED) is 0.0904. The summed E-state index contributed by atoms with van der Waals surface area (Å²) in [6, 6.07) is 11.6. The van der Waals surface area contributed by atoms with Crippen LogP contribution in [0.2, 0.25) is 0 Å². The first-order valence-corrected chi connectivity index (χ1v) is 21.9. The second-order valence-corrected chi connectivity index (χ2v) is 18.4. The molecule has 306 valence electrons. The molecule has 8 N–H and O–H groups in total. The van der Waals surface area contributed by atoms with Gasteiger partial charge >= 0.3 is 7.60 Å². The van der Waals surface area contributed by atoms with Crippen molar-refractivity contribution in [2.75, 3.05) is 11.2 Å². The molecule has 0 unspecified atom stereocenters. The third-order valence-corrected chi connectivity index (χ3v) is 12.2. The van der Waals surface area contributed by atoms with Crippen molar-refractivity contribution < 1.29 is 51.5 Å². The lowest BCUT2D eigenvalue weighted by Gasteiger charge is -2.29. The van der Waals surface area contributed by atoms with E-state index in [9.17, 15) is 51.5 Å². The number of fused-ring (bicyclic) bond motifs is 1. The van der Waals surface area contributed by atoms with E-state index in [2.05, 4.69) is 20.9 Å². The highest BCUT2D eigenvalue weighted by Gasteiger charge is 2.45. The molecule has 3 atom stereocenters. The lowest BCUT2D eigenvalue weighted by atomic mass is 9.93. The number of nitrogens with zero attached hydrogens (tertiary/aromatic N) is 1. The molecule has 17 nitrogen and oxygen atoms in total. The lowest BCUT2D eigenvalue weighted by molar-refractivity contribution is -0.131. The lowest BCUT2D eigenvalue weighted by Crippen LogP contribution is -2.57. The molecule has 5 amide bonds. The fourth-order valence-electron chi connectivity index (χ4n) is 7.21. The molecule has 0 radical (unpaired) electrons. The third kappa shape index (κ3) is 9.05. The zero-order valence-corrected chi connectivity index (χ0v) is 33.5. The van der Waals surface area contributed by atoms with Gasteiger partial charge in [-0.15, -0.1) is 0 Å². The van der Waals surface area contributed by atoms with Crippen LogP contribution in [0, 0.1) is 0 Å². The Kier molecular flexibility index (Phi) is 11.8. The Hall–Kier alpha value is -5.68. The van der Waals surface area contributed by atoms with Crippen molar-refractivity contribution >= 4 is 69.1 Å². The average Bonchev–Trinajstić information content (AvgIpc) is 3.74. The van der Waals surface area contributed by atoms with E-state index in [0.717, 1.165) is 22.9 Å². The predicted octanol–water partition coefficient (Wildman–Crippen LogP) is 2.08. The van der Waals surface area contributed by atoms with Crippen LogP contribution in [0.4, 0.5) is 5.69 Å². The number of rotatable bonds is 14. The Labute approximate surface area is 333 Å². The zero-order chi connectivity index (χ0) is 42.3. The number of amides is 5. The molecule has 3 aromatic carbocycles. The minimum Gasteiger partial charge on any atom is -0.370 e. The molecular formula is C39H43N6O11PS. The third-order valence-electron chi connectivity index (χ3n) is 10.3. The fraction of sp³-hybridized carbons (Fsp3) is 0.333. The van der Waals surface area contributed by atoms with Crippen LogP contribution < -0.4 is 26.6 Å². The van der Waals surface area contributed by atoms with Crippen molar-refractivity contribution in [3.63, 3.8) is 0 Å². The van der Waals surface area contributed by atoms with Gasteiger partial charge in [-0.1, -0.05) is 38.1 Å². The Morgan fingerprint density at radius 1 is 1.00 bits per heavy atom. The summed E-state index contributed by atoms with van der Waals surface area (Å²) in [6.07, 6.45) is 1.36. The molecule has 6 rings (SSSR count). The number of nitrogens with two attached hydrogens (primary N) is 1. The molecule has 0 aliphatic carbocycles. The van der Waals surface area contributed by atoms with E-state index in [-0.39, 0.29) is 54.3 Å². The first-order chi connectivity index (χ1) is 27.2. The van der Waals surface area contributed by atoms with Crippen LogP contribution >= 0.6 is 7.60 Å². The first-order valence-electron chi connectivity index (χ1n) is 18.4. The predicted molar refractivity (Wildman–Crippen MR) is 212 cm³/mol. The minimum atomic E-state index is -5.05. The van der Waals surface area contributed by atoms with Crippen LogP contribution in [0.3, 0.4) is 0 Å². The van der Waals surface area contributed by atoms with E-state index in [1.54, 1.807) is 12.1 Å². The second-order valence-electron chi connectivity index (χ2n) is 14.9. The molecule has 4 aromatic rings. The largest absolute Gasteiger partial charge is 0.396 e. The SMILES string of the molecule is CC(C)c1cc2c3c(c1)C[C@@H](C(=O)N[C@@H](CCC(N)=O)C(=O)NCc1ccc(S(C)(=O)=O)cc1)N3C(=O)[C@@H](NC(=O)c1cc3cc(C(=O)P(=O)(O)O)ccc3[nH]1)CC2. The smallest absolute Gasteiger partial charge is 0.370 e. The van der Waals surface area contributed by atoms with E-state index in [4.69, 9.17) is 5.73 Å². The van der Waals surface area contributed by atoms with Gasteiger partial charge in [0.2, 0.25) is 23.6 Å². The topological polar surface area (TPSA) is 275 Å². The maximum absolute atomic E-state index is 14.5. The number of H-pyrrole nitrogens is 1. The zero-order valence-electron chi connectivity index (χ0n) is 31.8. The maximum atomic E-state index is 14.5. The van der Waals surface area contributed by atoms with E-state index in [0.29, 0.717) is 28.6 Å². The summed E-state index contributed by atoms with van der Waals surface area (Å²) in [5, 5.41) is 8.52. The molecule has 0 fully saturated rings. The normalized spacial score (nSPS) is 17.1. The molecule has 2 aliphatic rings. The summed E-state index contributed by atoms with van der Waals surface area (Å²) in [5.41, 5.74) is 7.86. The number of carbonyl (C=O) groups is 6. The van der Waals surface area contributed by atoms with Gasteiger partial charge in [-0.05, 0) is 83.8 Å². The van der Waals surface area contributed by atoms with Crippen molar-refractivity contribution in [1.29, 1.82) is 0 Å². The van der Waals surface area contributed by atoms with E-state index in [1.165, 1.54) is 41.3 Å². The number of aryl methyl sites for hydroxylation is 1. The number of aromatic amines is 1. The first kappa shape index (κ1) is 41.9. The average molecular weight is 835 g/mol.